The van der Waals surface area contributed by atoms with E-state index < -0.39 is 0 Å². The summed E-state index contributed by atoms with van der Waals surface area (Å²) in [5, 5.41) is 4.17. The van der Waals surface area contributed by atoms with Crippen molar-refractivity contribution in [3.8, 4) is 0 Å². The smallest absolute Gasteiger partial charge is 0.179 e. The van der Waals surface area contributed by atoms with Gasteiger partial charge >= 0.3 is 0 Å². The highest BCUT2D eigenvalue weighted by molar-refractivity contribution is 7.71. The maximum Gasteiger partial charge on any atom is 0.179 e. The van der Waals surface area contributed by atoms with Crippen LogP contribution >= 0.6 is 12.2 Å². The van der Waals surface area contributed by atoms with E-state index in [1.807, 2.05) is 41.7 Å². The molecule has 3 heterocycles. The molecule has 0 spiro atoms. The number of rotatable bonds is 3. The number of aromatic amines is 1. The highest BCUT2D eigenvalue weighted by atomic mass is 32.1. The number of hydrogen-bond donors (Lipinski definition) is 1. The SMILES string of the molecule is Cc1cnc2c(c1)[nH]c(=S)n2CCc1ccnn1C. The summed E-state index contributed by atoms with van der Waals surface area (Å²) in [4.78, 5) is 7.67. The zero-order valence-electron chi connectivity index (χ0n) is 10.9. The standard InChI is InChI=1S/C13H15N5S/c1-9-7-11-12(14-8-9)18(13(19)16-11)6-4-10-3-5-15-17(10)2/h3,5,7-8H,4,6H2,1-2H3,(H,16,19). The number of nitrogens with zero attached hydrogens (tertiary/aromatic N) is 4. The van der Waals surface area contributed by atoms with Gasteiger partial charge in [0.15, 0.2) is 10.4 Å². The third-order valence-electron chi connectivity index (χ3n) is 3.26. The summed E-state index contributed by atoms with van der Waals surface area (Å²) in [5.41, 5.74) is 4.22. The van der Waals surface area contributed by atoms with Crippen LogP contribution in [0.4, 0.5) is 0 Å². The van der Waals surface area contributed by atoms with Gasteiger partial charge in [0.25, 0.3) is 0 Å². The van der Waals surface area contributed by atoms with Crippen LogP contribution in [0.1, 0.15) is 11.3 Å². The van der Waals surface area contributed by atoms with E-state index in [1.54, 1.807) is 0 Å². The molecule has 0 bridgehead atoms. The Kier molecular flexibility index (Phi) is 2.94. The van der Waals surface area contributed by atoms with Crippen LogP contribution in [0.3, 0.4) is 0 Å². The molecule has 98 valence electrons. The number of imidazole rings is 1. The molecular weight excluding hydrogens is 258 g/mol. The van der Waals surface area contributed by atoms with Gasteiger partial charge < -0.3 is 9.55 Å². The molecule has 0 aliphatic rings. The van der Waals surface area contributed by atoms with Crippen molar-refractivity contribution in [1.82, 2.24) is 24.3 Å². The second-order valence-corrected chi connectivity index (χ2v) is 5.05. The minimum absolute atomic E-state index is 0.718. The van der Waals surface area contributed by atoms with E-state index in [2.05, 4.69) is 21.1 Å². The average molecular weight is 273 g/mol. The van der Waals surface area contributed by atoms with Crippen LogP contribution < -0.4 is 0 Å². The predicted molar refractivity (Wildman–Crippen MR) is 76.6 cm³/mol. The maximum atomic E-state index is 5.37. The lowest BCUT2D eigenvalue weighted by molar-refractivity contribution is 0.639. The van der Waals surface area contributed by atoms with Crippen LogP contribution in [0.25, 0.3) is 11.2 Å². The van der Waals surface area contributed by atoms with Gasteiger partial charge in [-0.2, -0.15) is 5.10 Å². The Labute approximate surface area is 115 Å². The monoisotopic (exact) mass is 273 g/mol. The molecule has 3 aromatic heterocycles. The lowest BCUT2D eigenvalue weighted by atomic mass is 10.3. The summed E-state index contributed by atoms with van der Waals surface area (Å²) in [7, 11) is 1.95. The number of nitrogens with one attached hydrogen (secondary N) is 1. The van der Waals surface area contributed by atoms with Gasteiger partial charge in [-0.05, 0) is 36.8 Å². The Bertz CT molecular complexity index is 780. The molecule has 0 saturated carbocycles. The first-order valence-corrected chi connectivity index (χ1v) is 6.58. The second-order valence-electron chi connectivity index (χ2n) is 4.66. The topological polar surface area (TPSA) is 51.4 Å². The van der Waals surface area contributed by atoms with Crippen LogP contribution in [-0.4, -0.2) is 24.3 Å². The Balaban J connectivity index is 1.95. The zero-order chi connectivity index (χ0) is 13.4. The Morgan fingerprint density at radius 1 is 1.42 bits per heavy atom. The first kappa shape index (κ1) is 12.1. The molecule has 0 aromatic carbocycles. The van der Waals surface area contributed by atoms with E-state index in [0.29, 0.717) is 0 Å². The molecule has 19 heavy (non-hydrogen) atoms. The van der Waals surface area contributed by atoms with E-state index in [0.717, 1.165) is 34.5 Å². The van der Waals surface area contributed by atoms with Crippen molar-refractivity contribution in [3.63, 3.8) is 0 Å². The number of aromatic nitrogens is 5. The lowest BCUT2D eigenvalue weighted by Gasteiger charge is -2.04. The summed E-state index contributed by atoms with van der Waals surface area (Å²) in [6.07, 6.45) is 4.56. The summed E-state index contributed by atoms with van der Waals surface area (Å²) in [6, 6.07) is 4.09. The molecular formula is C13H15N5S. The molecule has 0 radical (unpaired) electrons. The fourth-order valence-electron chi connectivity index (χ4n) is 2.23. The van der Waals surface area contributed by atoms with Gasteiger partial charge in [0.05, 0.1) is 5.52 Å². The van der Waals surface area contributed by atoms with E-state index >= 15 is 0 Å². The largest absolute Gasteiger partial charge is 0.329 e. The van der Waals surface area contributed by atoms with Crippen LogP contribution in [0.15, 0.2) is 24.5 Å². The molecule has 3 aromatic rings. The van der Waals surface area contributed by atoms with Gasteiger partial charge in [-0.1, -0.05) is 0 Å². The minimum Gasteiger partial charge on any atom is -0.329 e. The average Bonchev–Trinajstić information content (AvgIpc) is 2.90. The summed E-state index contributed by atoms with van der Waals surface area (Å²) < 4.78 is 4.64. The number of pyridine rings is 1. The third kappa shape index (κ3) is 2.19. The first-order valence-electron chi connectivity index (χ1n) is 6.17. The van der Waals surface area contributed by atoms with Crippen molar-refractivity contribution in [2.75, 3.05) is 0 Å². The summed E-state index contributed by atoms with van der Waals surface area (Å²) in [6.45, 7) is 2.82. The molecule has 5 nitrogen and oxygen atoms in total. The number of hydrogen-bond acceptors (Lipinski definition) is 3. The number of fused-ring (bicyclic) bond motifs is 1. The Hall–Kier alpha value is -1.95. The molecule has 6 heteroatoms. The second kappa shape index (κ2) is 4.62. The Morgan fingerprint density at radius 3 is 3.00 bits per heavy atom. The van der Waals surface area contributed by atoms with Crippen LogP contribution in [0.5, 0.6) is 0 Å². The fourth-order valence-corrected chi connectivity index (χ4v) is 2.52. The highest BCUT2D eigenvalue weighted by Gasteiger charge is 2.07. The quantitative estimate of drug-likeness (QED) is 0.745. The highest BCUT2D eigenvalue weighted by Crippen LogP contribution is 2.13. The fraction of sp³-hybridized carbons (Fsp3) is 0.308. The van der Waals surface area contributed by atoms with E-state index in [-0.39, 0.29) is 0 Å². The van der Waals surface area contributed by atoms with Gasteiger partial charge in [-0.15, -0.1) is 0 Å². The molecule has 0 amide bonds. The van der Waals surface area contributed by atoms with Crippen molar-refractivity contribution >= 4 is 23.4 Å². The van der Waals surface area contributed by atoms with Crippen molar-refractivity contribution in [1.29, 1.82) is 0 Å². The van der Waals surface area contributed by atoms with Crippen LogP contribution in [0.2, 0.25) is 0 Å². The van der Waals surface area contributed by atoms with Gasteiger partial charge in [0.1, 0.15) is 0 Å². The normalized spacial score (nSPS) is 11.3. The summed E-state index contributed by atoms with van der Waals surface area (Å²) in [5.74, 6) is 0. The zero-order valence-corrected chi connectivity index (χ0v) is 11.7. The number of H-pyrrole nitrogens is 1. The molecule has 0 saturated heterocycles. The Morgan fingerprint density at radius 2 is 2.26 bits per heavy atom. The summed E-state index contributed by atoms with van der Waals surface area (Å²) >= 11 is 5.37. The molecule has 0 unspecified atom stereocenters. The van der Waals surface area contributed by atoms with Crippen LogP contribution in [0, 0.1) is 11.7 Å². The van der Waals surface area contributed by atoms with Gasteiger partial charge in [-0.25, -0.2) is 4.98 Å². The van der Waals surface area contributed by atoms with Crippen molar-refractivity contribution in [2.24, 2.45) is 7.05 Å². The molecule has 0 atom stereocenters. The van der Waals surface area contributed by atoms with Crippen molar-refractivity contribution < 1.29 is 0 Å². The molecule has 1 N–H and O–H groups in total. The lowest BCUT2D eigenvalue weighted by Crippen LogP contribution is -2.06. The van der Waals surface area contributed by atoms with Gasteiger partial charge in [-0.3, -0.25) is 4.68 Å². The van der Waals surface area contributed by atoms with Gasteiger partial charge in [0, 0.05) is 38.1 Å². The third-order valence-corrected chi connectivity index (χ3v) is 3.58. The molecule has 0 aliphatic heterocycles. The maximum absolute atomic E-state index is 5.37. The van der Waals surface area contributed by atoms with Gasteiger partial charge in [0.2, 0.25) is 0 Å². The molecule has 0 fully saturated rings. The predicted octanol–water partition coefficient (Wildman–Crippen LogP) is 2.38. The van der Waals surface area contributed by atoms with E-state index in [9.17, 15) is 0 Å². The van der Waals surface area contributed by atoms with Crippen molar-refractivity contribution in [3.05, 3.63) is 40.6 Å². The van der Waals surface area contributed by atoms with Crippen LogP contribution in [-0.2, 0) is 20.0 Å². The molecule has 0 aliphatic carbocycles. The van der Waals surface area contributed by atoms with Crippen molar-refractivity contribution in [2.45, 2.75) is 19.9 Å². The first-order chi connectivity index (χ1) is 9.15. The minimum atomic E-state index is 0.718. The molecule has 3 rings (SSSR count). The van der Waals surface area contributed by atoms with E-state index in [1.165, 1.54) is 5.69 Å². The number of aryl methyl sites for hydroxylation is 4. The van der Waals surface area contributed by atoms with E-state index in [4.69, 9.17) is 12.2 Å².